The van der Waals surface area contributed by atoms with Crippen LogP contribution in [0, 0.1) is 0 Å². The number of nitrogens with zero attached hydrogens (tertiary/aromatic N) is 3. The molecule has 0 bridgehead atoms. The largest absolute Gasteiger partial charge is 0.481 e. The van der Waals surface area contributed by atoms with Crippen LogP contribution < -0.4 is 4.57 Å². The van der Waals surface area contributed by atoms with Crippen molar-refractivity contribution in [3.8, 4) is 0 Å². The third kappa shape index (κ3) is 6.78. The summed E-state index contributed by atoms with van der Waals surface area (Å²) in [5.41, 5.74) is 0.563. The van der Waals surface area contributed by atoms with E-state index in [1.807, 2.05) is 6.92 Å². The van der Waals surface area contributed by atoms with Gasteiger partial charge in [0, 0.05) is 39.7 Å². The number of carboxylic acids is 1. The van der Waals surface area contributed by atoms with Crippen LogP contribution in [0.3, 0.4) is 0 Å². The van der Waals surface area contributed by atoms with E-state index in [2.05, 4.69) is 0 Å². The fraction of sp³-hybridized carbons (Fsp3) is 0.529. The number of rotatable bonds is 3. The van der Waals surface area contributed by atoms with E-state index in [1.165, 1.54) is 4.90 Å². The summed E-state index contributed by atoms with van der Waals surface area (Å²) in [5, 5.41) is 7.42. The van der Waals surface area contributed by atoms with Gasteiger partial charge in [0.15, 0.2) is 12.4 Å². The molecular formula is C17H26N3O5+. The maximum Gasteiger partial charge on any atom is 0.414 e. The molecule has 1 N–H and O–H groups in total. The van der Waals surface area contributed by atoms with Crippen LogP contribution in [0.2, 0.25) is 0 Å². The minimum absolute atomic E-state index is 0.0798. The smallest absolute Gasteiger partial charge is 0.414 e. The SMILES string of the molecule is CC(=O)O.CC1CCCN1C(=O)OC[n+]1cccc(C(=O)N(C)C)c1. The van der Waals surface area contributed by atoms with Gasteiger partial charge in [0.25, 0.3) is 18.6 Å². The number of hydrogen-bond donors (Lipinski definition) is 1. The Balaban J connectivity index is 0.000000705. The molecule has 1 unspecified atom stereocenters. The van der Waals surface area contributed by atoms with Gasteiger partial charge in [-0.1, -0.05) is 0 Å². The summed E-state index contributed by atoms with van der Waals surface area (Å²) in [5.74, 6) is -0.913. The molecule has 0 spiro atoms. The van der Waals surface area contributed by atoms with E-state index in [1.54, 1.807) is 48.1 Å². The summed E-state index contributed by atoms with van der Waals surface area (Å²) in [6.07, 6.45) is 5.21. The van der Waals surface area contributed by atoms with Gasteiger partial charge in [-0.3, -0.25) is 9.59 Å². The molecule has 138 valence electrons. The first-order chi connectivity index (χ1) is 11.7. The van der Waals surface area contributed by atoms with E-state index in [4.69, 9.17) is 14.6 Å². The molecule has 1 aliphatic heterocycles. The molecule has 1 aromatic heterocycles. The van der Waals surface area contributed by atoms with Gasteiger partial charge in [-0.25, -0.2) is 4.79 Å². The number of carbonyl (C=O) groups is 3. The van der Waals surface area contributed by atoms with E-state index >= 15 is 0 Å². The molecular weight excluding hydrogens is 326 g/mol. The van der Waals surface area contributed by atoms with E-state index in [9.17, 15) is 9.59 Å². The molecule has 0 aliphatic carbocycles. The van der Waals surface area contributed by atoms with Crippen LogP contribution in [0.25, 0.3) is 0 Å². The first kappa shape index (κ1) is 20.4. The van der Waals surface area contributed by atoms with Crippen LogP contribution in [0.15, 0.2) is 24.5 Å². The highest BCUT2D eigenvalue weighted by molar-refractivity contribution is 5.93. The van der Waals surface area contributed by atoms with Crippen molar-refractivity contribution in [3.63, 3.8) is 0 Å². The van der Waals surface area contributed by atoms with E-state index in [0.29, 0.717) is 5.56 Å². The van der Waals surface area contributed by atoms with Crippen molar-refractivity contribution < 1.29 is 28.8 Å². The van der Waals surface area contributed by atoms with Crippen LogP contribution in [0.5, 0.6) is 0 Å². The Hall–Kier alpha value is -2.64. The first-order valence-electron chi connectivity index (χ1n) is 8.06. The number of ether oxygens (including phenoxy) is 1. The molecule has 0 saturated carbocycles. The maximum absolute atomic E-state index is 12.0. The Labute approximate surface area is 147 Å². The van der Waals surface area contributed by atoms with Gasteiger partial charge in [-0.05, 0) is 25.8 Å². The number of hydrogen-bond acceptors (Lipinski definition) is 4. The number of amides is 2. The lowest BCUT2D eigenvalue weighted by molar-refractivity contribution is -0.727. The molecule has 2 heterocycles. The summed E-state index contributed by atoms with van der Waals surface area (Å²) in [7, 11) is 3.41. The normalized spacial score (nSPS) is 15.8. The van der Waals surface area contributed by atoms with E-state index in [-0.39, 0.29) is 24.8 Å². The summed E-state index contributed by atoms with van der Waals surface area (Å²) in [6, 6.07) is 3.75. The third-order valence-corrected chi connectivity index (χ3v) is 3.64. The van der Waals surface area contributed by atoms with Gasteiger partial charge in [-0.15, -0.1) is 0 Å². The second-order valence-corrected chi connectivity index (χ2v) is 6.05. The van der Waals surface area contributed by atoms with Crippen LogP contribution >= 0.6 is 0 Å². The highest BCUT2D eigenvalue weighted by Gasteiger charge is 2.27. The summed E-state index contributed by atoms with van der Waals surface area (Å²) < 4.78 is 6.99. The number of carboxylic acid groups (broad SMARTS) is 1. The molecule has 1 saturated heterocycles. The summed E-state index contributed by atoms with van der Waals surface area (Å²) >= 11 is 0. The topological polar surface area (TPSA) is 91.0 Å². The zero-order valence-electron chi connectivity index (χ0n) is 15.1. The zero-order chi connectivity index (χ0) is 19.0. The monoisotopic (exact) mass is 352 g/mol. The molecule has 2 rings (SSSR count). The highest BCUT2D eigenvalue weighted by Crippen LogP contribution is 2.17. The van der Waals surface area contributed by atoms with Gasteiger partial charge >= 0.3 is 6.09 Å². The number of carbonyl (C=O) groups excluding carboxylic acids is 2. The molecule has 1 atom stereocenters. The molecule has 1 aromatic rings. The average Bonchev–Trinajstić information content (AvgIpc) is 2.97. The fourth-order valence-electron chi connectivity index (χ4n) is 2.40. The van der Waals surface area contributed by atoms with Crippen LogP contribution in [0.4, 0.5) is 4.79 Å². The Morgan fingerprint density at radius 2 is 2.04 bits per heavy atom. The number of aromatic nitrogens is 1. The zero-order valence-corrected chi connectivity index (χ0v) is 15.1. The van der Waals surface area contributed by atoms with Gasteiger partial charge < -0.3 is 19.6 Å². The van der Waals surface area contributed by atoms with Crippen molar-refractivity contribution in [1.82, 2.24) is 9.80 Å². The van der Waals surface area contributed by atoms with E-state index in [0.717, 1.165) is 26.3 Å². The number of pyridine rings is 1. The highest BCUT2D eigenvalue weighted by atomic mass is 16.6. The van der Waals surface area contributed by atoms with Crippen LogP contribution in [0.1, 0.15) is 37.0 Å². The minimum atomic E-state index is -0.833. The minimum Gasteiger partial charge on any atom is -0.481 e. The molecule has 1 aliphatic rings. The molecule has 8 heteroatoms. The number of likely N-dealkylation sites (tertiary alicyclic amines) is 1. The lowest BCUT2D eigenvalue weighted by Gasteiger charge is -2.19. The lowest BCUT2D eigenvalue weighted by atomic mass is 10.2. The molecule has 8 nitrogen and oxygen atoms in total. The Kier molecular flexibility index (Phi) is 7.84. The summed E-state index contributed by atoms with van der Waals surface area (Å²) in [4.78, 5) is 36.1. The quantitative estimate of drug-likeness (QED) is 0.829. The van der Waals surface area contributed by atoms with Crippen molar-refractivity contribution in [2.24, 2.45) is 0 Å². The second-order valence-electron chi connectivity index (χ2n) is 6.05. The third-order valence-electron chi connectivity index (χ3n) is 3.64. The molecule has 2 amide bonds. The fourth-order valence-corrected chi connectivity index (χ4v) is 2.40. The van der Waals surface area contributed by atoms with Gasteiger partial charge in [-0.2, -0.15) is 4.57 Å². The van der Waals surface area contributed by atoms with Crippen LogP contribution in [-0.2, 0) is 16.3 Å². The molecule has 0 radical (unpaired) electrons. The number of aliphatic carboxylic acids is 1. The van der Waals surface area contributed by atoms with Crippen molar-refractivity contribution in [2.75, 3.05) is 20.6 Å². The predicted molar refractivity (Wildman–Crippen MR) is 89.8 cm³/mol. The molecule has 25 heavy (non-hydrogen) atoms. The molecule has 1 fully saturated rings. The average molecular weight is 352 g/mol. The van der Waals surface area contributed by atoms with Crippen molar-refractivity contribution in [3.05, 3.63) is 30.1 Å². The second kappa shape index (κ2) is 9.61. The Morgan fingerprint density at radius 1 is 1.40 bits per heavy atom. The molecule has 0 aromatic carbocycles. The van der Waals surface area contributed by atoms with Crippen molar-refractivity contribution in [1.29, 1.82) is 0 Å². The maximum atomic E-state index is 12.0. The van der Waals surface area contributed by atoms with Crippen LogP contribution in [-0.4, -0.2) is 59.6 Å². The van der Waals surface area contributed by atoms with Crippen molar-refractivity contribution in [2.45, 2.75) is 39.5 Å². The summed E-state index contributed by atoms with van der Waals surface area (Å²) in [6.45, 7) is 3.97. The Morgan fingerprint density at radius 3 is 2.56 bits per heavy atom. The van der Waals surface area contributed by atoms with E-state index < -0.39 is 5.97 Å². The first-order valence-corrected chi connectivity index (χ1v) is 8.06. The Bertz CT molecular complexity index is 614. The van der Waals surface area contributed by atoms with Gasteiger partial charge in [0.1, 0.15) is 5.56 Å². The van der Waals surface area contributed by atoms with Crippen molar-refractivity contribution >= 4 is 18.0 Å². The lowest BCUT2D eigenvalue weighted by Crippen LogP contribution is -2.41. The predicted octanol–water partition coefficient (Wildman–Crippen LogP) is 1.35. The van der Waals surface area contributed by atoms with Gasteiger partial charge in [0.2, 0.25) is 0 Å². The standard InChI is InChI=1S/C15H22N3O3.C2H4O2/c1-12-6-4-9-18(12)15(20)21-11-17-8-5-7-13(10-17)14(19)16(2)3;1-2(3)4/h5,7-8,10,12H,4,6,9,11H2,1-3H3;1H3,(H,3,4)/q+1;. The van der Waals surface area contributed by atoms with Gasteiger partial charge in [0.05, 0.1) is 0 Å².